The first kappa shape index (κ1) is 22.3. The minimum absolute atomic E-state index is 0.0465. The van der Waals surface area contributed by atoms with Crippen molar-refractivity contribution in [3.63, 3.8) is 0 Å². The maximum Gasteiger partial charge on any atom is 0.240 e. The zero-order valence-electron chi connectivity index (χ0n) is 19.2. The topological polar surface area (TPSA) is 48.5 Å². The Balaban J connectivity index is 1.18. The van der Waals surface area contributed by atoms with E-state index in [0.29, 0.717) is 12.5 Å². The fraction of sp³-hybridized carbons (Fsp3) is 0.407. The van der Waals surface area contributed by atoms with Gasteiger partial charge in [-0.1, -0.05) is 67.6 Å². The van der Waals surface area contributed by atoms with Gasteiger partial charge in [-0.2, -0.15) is 0 Å². The quantitative estimate of drug-likeness (QED) is 0.583. The number of hydrogen-bond donors (Lipinski definition) is 1. The molecule has 5 rings (SSSR count). The van der Waals surface area contributed by atoms with Crippen LogP contribution in [0.25, 0.3) is 0 Å². The Bertz CT molecular complexity index is 1020. The summed E-state index contributed by atoms with van der Waals surface area (Å²) in [5.41, 5.74) is 3.82. The summed E-state index contributed by atoms with van der Waals surface area (Å²) in [6.45, 7) is 6.36. The first-order valence-electron chi connectivity index (χ1n) is 12.0. The predicted octanol–water partition coefficient (Wildman–Crippen LogP) is 4.61. The van der Waals surface area contributed by atoms with Crippen molar-refractivity contribution in [1.29, 1.82) is 0 Å². The van der Waals surface area contributed by atoms with E-state index in [-0.39, 0.29) is 11.9 Å². The van der Waals surface area contributed by atoms with Crippen LogP contribution in [0.15, 0.2) is 60.7 Å². The normalized spacial score (nSPS) is 19.4. The van der Waals surface area contributed by atoms with Crippen molar-refractivity contribution in [3.8, 4) is 0 Å². The second-order valence-corrected chi connectivity index (χ2v) is 10.4. The van der Waals surface area contributed by atoms with Gasteiger partial charge in [0.25, 0.3) is 0 Å². The summed E-state index contributed by atoms with van der Waals surface area (Å²) in [6.07, 6.45) is 3.32. The zero-order valence-corrected chi connectivity index (χ0v) is 20.1. The van der Waals surface area contributed by atoms with E-state index in [2.05, 4.69) is 87.7 Å². The largest absolute Gasteiger partial charge is 0.301 e. The number of fused-ring (bicyclic) bond motifs is 1. The molecule has 1 fully saturated rings. The predicted molar refractivity (Wildman–Crippen MR) is 135 cm³/mol. The molecule has 172 valence electrons. The van der Waals surface area contributed by atoms with Gasteiger partial charge < -0.3 is 5.32 Å². The first-order chi connectivity index (χ1) is 16.2. The Kier molecular flexibility index (Phi) is 6.85. The minimum Gasteiger partial charge on any atom is -0.301 e. The highest BCUT2D eigenvalue weighted by Gasteiger charge is 2.27. The first-order valence-corrected chi connectivity index (χ1v) is 12.8. The van der Waals surface area contributed by atoms with Gasteiger partial charge in [-0.15, -0.1) is 11.3 Å². The Hall–Kier alpha value is -2.54. The molecule has 0 bridgehead atoms. The van der Waals surface area contributed by atoms with Crippen LogP contribution in [0.2, 0.25) is 0 Å². The number of rotatable bonds is 6. The van der Waals surface area contributed by atoms with Crippen LogP contribution in [0.1, 0.15) is 41.1 Å². The Labute approximate surface area is 200 Å². The van der Waals surface area contributed by atoms with Crippen molar-refractivity contribution in [2.45, 2.75) is 32.2 Å². The van der Waals surface area contributed by atoms with E-state index in [1.165, 1.54) is 28.1 Å². The van der Waals surface area contributed by atoms with Gasteiger partial charge in [-0.25, -0.2) is 4.98 Å². The molecule has 5 nitrogen and oxygen atoms in total. The molecule has 1 aromatic heterocycles. The molecule has 2 aliphatic rings. The van der Waals surface area contributed by atoms with Gasteiger partial charge in [0, 0.05) is 31.1 Å². The van der Waals surface area contributed by atoms with Crippen molar-refractivity contribution < 1.29 is 4.79 Å². The second-order valence-electron chi connectivity index (χ2n) is 9.32. The monoisotopic (exact) mass is 460 g/mol. The number of amides is 1. The van der Waals surface area contributed by atoms with Crippen molar-refractivity contribution in [3.05, 3.63) is 82.4 Å². The molecule has 1 atom stereocenters. The molecular weight excluding hydrogens is 428 g/mol. The number of thiazole rings is 1. The van der Waals surface area contributed by atoms with E-state index >= 15 is 0 Å². The number of anilines is 1. The molecule has 3 aromatic rings. The molecule has 1 N–H and O–H groups in total. The highest BCUT2D eigenvalue weighted by Crippen LogP contribution is 2.32. The summed E-state index contributed by atoms with van der Waals surface area (Å²) in [4.78, 5) is 23.5. The Morgan fingerprint density at radius 2 is 1.67 bits per heavy atom. The van der Waals surface area contributed by atoms with Crippen LogP contribution in [-0.2, 0) is 17.6 Å². The number of benzene rings is 2. The molecule has 1 amide bonds. The number of aromatic nitrogens is 1. The van der Waals surface area contributed by atoms with Crippen molar-refractivity contribution in [1.82, 2.24) is 14.8 Å². The third kappa shape index (κ3) is 5.35. The molecule has 0 unspecified atom stereocenters. The van der Waals surface area contributed by atoms with E-state index in [4.69, 9.17) is 0 Å². The van der Waals surface area contributed by atoms with Crippen LogP contribution in [-0.4, -0.2) is 53.4 Å². The average molecular weight is 461 g/mol. The van der Waals surface area contributed by atoms with E-state index < -0.39 is 0 Å². The fourth-order valence-electron chi connectivity index (χ4n) is 5.02. The Morgan fingerprint density at radius 3 is 2.30 bits per heavy atom. The second kappa shape index (κ2) is 10.2. The van der Waals surface area contributed by atoms with Crippen LogP contribution in [0, 0.1) is 5.92 Å². The van der Waals surface area contributed by atoms with E-state index in [1.807, 2.05) is 0 Å². The molecule has 2 aromatic carbocycles. The highest BCUT2D eigenvalue weighted by molar-refractivity contribution is 7.15. The van der Waals surface area contributed by atoms with Crippen molar-refractivity contribution >= 4 is 22.4 Å². The lowest BCUT2D eigenvalue weighted by Gasteiger charge is -2.39. The minimum atomic E-state index is 0.0465. The summed E-state index contributed by atoms with van der Waals surface area (Å²) >= 11 is 1.66. The van der Waals surface area contributed by atoms with Crippen molar-refractivity contribution in [2.75, 3.05) is 38.0 Å². The zero-order chi connectivity index (χ0) is 22.6. The van der Waals surface area contributed by atoms with E-state index in [1.54, 1.807) is 11.3 Å². The number of carbonyl (C=O) groups is 1. The third-order valence-electron chi connectivity index (χ3n) is 6.80. The van der Waals surface area contributed by atoms with E-state index in [9.17, 15) is 4.79 Å². The SMILES string of the molecule is C[C@@H]1CCc2nc(NC(=O)CN3CCN(C(c4ccccc4)c4ccccc4)CC3)sc2C1. The number of hydrogen-bond acceptors (Lipinski definition) is 5. The summed E-state index contributed by atoms with van der Waals surface area (Å²) in [7, 11) is 0. The van der Waals surface area contributed by atoms with Gasteiger partial charge in [-0.05, 0) is 36.3 Å². The number of aryl methyl sites for hydroxylation is 1. The van der Waals surface area contributed by atoms with Crippen LogP contribution in [0.3, 0.4) is 0 Å². The summed E-state index contributed by atoms with van der Waals surface area (Å²) in [5, 5.41) is 3.83. The lowest BCUT2D eigenvalue weighted by atomic mass is 9.93. The van der Waals surface area contributed by atoms with Gasteiger partial charge in [0.2, 0.25) is 5.91 Å². The molecule has 1 saturated heterocycles. The number of nitrogens with zero attached hydrogens (tertiary/aromatic N) is 3. The summed E-state index contributed by atoms with van der Waals surface area (Å²) in [6, 6.07) is 21.7. The van der Waals surface area contributed by atoms with Crippen LogP contribution in [0.5, 0.6) is 0 Å². The maximum atomic E-state index is 12.7. The number of carbonyl (C=O) groups excluding carboxylic acids is 1. The Morgan fingerprint density at radius 1 is 1.03 bits per heavy atom. The molecule has 0 saturated carbocycles. The molecule has 33 heavy (non-hydrogen) atoms. The highest BCUT2D eigenvalue weighted by atomic mass is 32.1. The average Bonchev–Trinajstić information content (AvgIpc) is 3.23. The molecule has 0 spiro atoms. The van der Waals surface area contributed by atoms with Gasteiger partial charge in [0.1, 0.15) is 0 Å². The molecular formula is C27H32N4OS. The van der Waals surface area contributed by atoms with Gasteiger partial charge in [0.05, 0.1) is 18.3 Å². The van der Waals surface area contributed by atoms with Gasteiger partial charge in [-0.3, -0.25) is 14.6 Å². The molecule has 6 heteroatoms. The summed E-state index contributed by atoms with van der Waals surface area (Å²) < 4.78 is 0. The third-order valence-corrected chi connectivity index (χ3v) is 7.84. The number of piperazine rings is 1. The van der Waals surface area contributed by atoms with Gasteiger partial charge in [0.15, 0.2) is 5.13 Å². The lowest BCUT2D eigenvalue weighted by molar-refractivity contribution is -0.117. The van der Waals surface area contributed by atoms with Crippen LogP contribution in [0.4, 0.5) is 5.13 Å². The fourth-order valence-corrected chi connectivity index (χ4v) is 6.21. The maximum absolute atomic E-state index is 12.7. The van der Waals surface area contributed by atoms with E-state index in [0.717, 1.165) is 44.2 Å². The van der Waals surface area contributed by atoms with Crippen LogP contribution < -0.4 is 5.32 Å². The molecule has 0 radical (unpaired) electrons. The molecule has 2 heterocycles. The standard InChI is InChI=1S/C27H32N4OS/c1-20-12-13-23-24(18-20)33-27(28-23)29-25(32)19-30-14-16-31(17-15-30)26(21-8-4-2-5-9-21)22-10-6-3-7-11-22/h2-11,20,26H,12-19H2,1H3,(H,28,29,32)/t20-/m1/s1. The molecule has 1 aliphatic carbocycles. The smallest absolute Gasteiger partial charge is 0.240 e. The lowest BCUT2D eigenvalue weighted by Crippen LogP contribution is -2.49. The van der Waals surface area contributed by atoms with Crippen LogP contribution >= 0.6 is 11.3 Å². The number of nitrogens with one attached hydrogen (secondary N) is 1. The van der Waals surface area contributed by atoms with Crippen molar-refractivity contribution in [2.24, 2.45) is 5.92 Å². The van der Waals surface area contributed by atoms with Gasteiger partial charge >= 0.3 is 0 Å². The summed E-state index contributed by atoms with van der Waals surface area (Å²) in [5.74, 6) is 0.763. The molecule has 1 aliphatic heterocycles.